The van der Waals surface area contributed by atoms with Crippen molar-refractivity contribution in [3.63, 3.8) is 0 Å². The van der Waals surface area contributed by atoms with Crippen LogP contribution in [0.2, 0.25) is 5.02 Å². The summed E-state index contributed by atoms with van der Waals surface area (Å²) in [7, 11) is -4.00. The van der Waals surface area contributed by atoms with Crippen molar-refractivity contribution >= 4 is 33.2 Å². The minimum absolute atomic E-state index is 0.160. The van der Waals surface area contributed by atoms with Gasteiger partial charge in [0.05, 0.1) is 30.3 Å². The highest BCUT2D eigenvalue weighted by atomic mass is 35.5. The lowest BCUT2D eigenvalue weighted by molar-refractivity contribution is 0.0375. The van der Waals surface area contributed by atoms with Crippen LogP contribution in [-0.2, 0) is 27.8 Å². The molecule has 9 nitrogen and oxygen atoms in total. The fourth-order valence-electron chi connectivity index (χ4n) is 7.17. The highest BCUT2D eigenvalue weighted by Gasteiger charge is 2.37. The monoisotopic (exact) mass is 727 g/mol. The molecule has 0 unspecified atom stereocenters. The van der Waals surface area contributed by atoms with E-state index in [9.17, 15) is 18.3 Å². The van der Waals surface area contributed by atoms with Gasteiger partial charge in [0.25, 0.3) is 5.91 Å². The number of nitrogens with one attached hydrogen (secondary N) is 1. The van der Waals surface area contributed by atoms with Crippen LogP contribution in [0.1, 0.15) is 79.8 Å². The maximum atomic E-state index is 13.8. The van der Waals surface area contributed by atoms with Gasteiger partial charge in [-0.3, -0.25) is 9.69 Å². The van der Waals surface area contributed by atoms with Crippen LogP contribution in [0.4, 0.5) is 5.69 Å². The zero-order valence-electron chi connectivity index (χ0n) is 29.4. The smallest absolute Gasteiger partial charge is 0.264 e. The van der Waals surface area contributed by atoms with Crippen LogP contribution in [-0.4, -0.2) is 81.6 Å². The molecule has 2 aromatic rings. The van der Waals surface area contributed by atoms with Gasteiger partial charge >= 0.3 is 0 Å². The first kappa shape index (κ1) is 38.3. The van der Waals surface area contributed by atoms with Crippen molar-refractivity contribution < 1.29 is 27.8 Å². The van der Waals surface area contributed by atoms with Gasteiger partial charge in [0.2, 0.25) is 10.0 Å². The van der Waals surface area contributed by atoms with E-state index in [4.69, 9.17) is 21.1 Å². The Morgan fingerprint density at radius 3 is 2.66 bits per heavy atom. The number of aryl methyl sites for hydroxylation is 1. The standard InChI is InChI=1S/C39H54ClN3O6S/c1-3-5-7-12-37(44)35-17-14-31(35)26-43-19-9-8-10-29-24-33(40)16-13-32(29)28-49-38-18-15-30(25-36(38)43)39(45)41-50(46,47)34(11-6-4-2)27-42-20-22-48-23-21-42/h4,7,12-13,15-16,18,24-25,31,34-35,37,44H,2-3,5-6,8-11,14,17,19-23,26-28H2,1H3,(H,41,45)/b12-7+/t31-,34-,35+,37-/m0/s1. The van der Waals surface area contributed by atoms with Gasteiger partial charge in [-0.05, 0) is 105 Å². The lowest BCUT2D eigenvalue weighted by Crippen LogP contribution is -2.47. The van der Waals surface area contributed by atoms with Crippen LogP contribution >= 0.6 is 11.6 Å². The lowest BCUT2D eigenvalue weighted by atomic mass is 9.70. The quantitative estimate of drug-likeness (QED) is 0.212. The Kier molecular flexibility index (Phi) is 14.2. The number of morpholine rings is 1. The van der Waals surface area contributed by atoms with Crippen LogP contribution in [0.25, 0.3) is 0 Å². The molecule has 1 amide bonds. The Morgan fingerprint density at radius 2 is 1.92 bits per heavy atom. The molecular formula is C39H54ClN3O6S. The number of amides is 1. The number of aliphatic hydroxyl groups is 1. The van der Waals surface area contributed by atoms with E-state index in [0.717, 1.165) is 68.3 Å². The van der Waals surface area contributed by atoms with Gasteiger partial charge in [-0.2, -0.15) is 0 Å². The summed E-state index contributed by atoms with van der Waals surface area (Å²) >= 11 is 6.36. The summed E-state index contributed by atoms with van der Waals surface area (Å²) in [5.41, 5.74) is 3.24. The summed E-state index contributed by atoms with van der Waals surface area (Å²) in [6.07, 6.45) is 12.8. The Labute approximate surface area is 303 Å². The van der Waals surface area contributed by atoms with E-state index in [1.165, 1.54) is 0 Å². The van der Waals surface area contributed by atoms with Crippen molar-refractivity contribution in [3.05, 3.63) is 82.9 Å². The second kappa shape index (κ2) is 18.6. The number of aliphatic hydroxyl groups excluding tert-OH is 1. The number of nitrogens with zero attached hydrogens (tertiary/aromatic N) is 2. The van der Waals surface area contributed by atoms with Crippen LogP contribution in [0, 0.1) is 11.8 Å². The van der Waals surface area contributed by atoms with Crippen LogP contribution in [0.15, 0.2) is 61.2 Å². The van der Waals surface area contributed by atoms with Crippen LogP contribution in [0.5, 0.6) is 5.75 Å². The molecule has 5 rings (SSSR count). The Morgan fingerprint density at radius 1 is 1.10 bits per heavy atom. The van der Waals surface area contributed by atoms with E-state index in [1.807, 2.05) is 24.3 Å². The topological polar surface area (TPSA) is 108 Å². The lowest BCUT2D eigenvalue weighted by Gasteiger charge is -2.42. The van der Waals surface area contributed by atoms with Crippen LogP contribution in [0.3, 0.4) is 0 Å². The molecule has 2 fully saturated rings. The molecule has 4 atom stereocenters. The molecule has 1 saturated heterocycles. The summed E-state index contributed by atoms with van der Waals surface area (Å²) in [6.45, 7) is 10.4. The molecule has 0 aromatic heterocycles. The van der Waals surface area contributed by atoms with Gasteiger partial charge in [-0.25, -0.2) is 13.1 Å². The Balaban J connectivity index is 1.41. The van der Waals surface area contributed by atoms with Gasteiger partial charge in [-0.15, -0.1) is 6.58 Å². The minimum Gasteiger partial charge on any atom is -0.487 e. The first-order valence-electron chi connectivity index (χ1n) is 18.3. The number of benzene rings is 2. The second-order valence-corrected chi connectivity index (χ2v) is 16.3. The number of anilines is 1. The molecule has 2 N–H and O–H groups in total. The van der Waals surface area contributed by atoms with Crippen molar-refractivity contribution in [2.75, 3.05) is 50.8 Å². The highest BCUT2D eigenvalue weighted by Crippen LogP contribution is 2.41. The number of unbranched alkanes of at least 4 members (excludes halogenated alkanes) is 1. The van der Waals surface area contributed by atoms with Gasteiger partial charge < -0.3 is 19.5 Å². The number of allylic oxidation sites excluding steroid dienone is 2. The zero-order chi connectivity index (χ0) is 35.5. The normalized spacial score (nSPS) is 21.5. The first-order valence-corrected chi connectivity index (χ1v) is 20.2. The molecule has 2 aromatic carbocycles. The molecule has 0 bridgehead atoms. The number of ether oxygens (including phenoxy) is 2. The minimum atomic E-state index is -4.00. The fraction of sp³-hybridized carbons (Fsp3) is 0.564. The second-order valence-electron chi connectivity index (χ2n) is 13.9. The van der Waals surface area contributed by atoms with Gasteiger partial charge in [0.1, 0.15) is 12.4 Å². The predicted molar refractivity (Wildman–Crippen MR) is 201 cm³/mol. The third-order valence-electron chi connectivity index (χ3n) is 10.3. The number of halogens is 1. The average molecular weight is 728 g/mol. The van der Waals surface area contributed by atoms with Crippen molar-refractivity contribution in [2.24, 2.45) is 11.8 Å². The van der Waals surface area contributed by atoms with E-state index in [2.05, 4.69) is 34.1 Å². The third-order valence-corrected chi connectivity index (χ3v) is 12.3. The molecule has 11 heteroatoms. The fourth-order valence-corrected chi connectivity index (χ4v) is 8.76. The summed E-state index contributed by atoms with van der Waals surface area (Å²) < 4.78 is 41.7. The van der Waals surface area contributed by atoms with E-state index in [0.29, 0.717) is 69.6 Å². The van der Waals surface area contributed by atoms with E-state index in [-0.39, 0.29) is 17.4 Å². The highest BCUT2D eigenvalue weighted by molar-refractivity contribution is 7.90. The number of sulfonamides is 1. The van der Waals surface area contributed by atoms with Gasteiger partial charge in [0.15, 0.2) is 0 Å². The van der Waals surface area contributed by atoms with Crippen molar-refractivity contribution in [3.8, 4) is 5.75 Å². The number of hydrogen-bond donors (Lipinski definition) is 2. The summed E-state index contributed by atoms with van der Waals surface area (Å²) in [4.78, 5) is 18.1. The maximum absolute atomic E-state index is 13.8. The molecule has 2 heterocycles. The zero-order valence-corrected chi connectivity index (χ0v) is 31.0. The molecule has 3 aliphatic rings. The molecule has 1 aliphatic carbocycles. The molecule has 1 saturated carbocycles. The predicted octanol–water partition coefficient (Wildman–Crippen LogP) is 6.53. The number of carbonyl (C=O) groups excluding carboxylic acids is 1. The third kappa shape index (κ3) is 10.3. The Hall–Kier alpha value is -2.89. The van der Waals surface area contributed by atoms with Crippen molar-refractivity contribution in [1.29, 1.82) is 0 Å². The van der Waals surface area contributed by atoms with Gasteiger partial charge in [0, 0.05) is 43.3 Å². The summed E-state index contributed by atoms with van der Waals surface area (Å²) in [5, 5.41) is 10.9. The molecular weight excluding hydrogens is 674 g/mol. The molecule has 0 radical (unpaired) electrons. The van der Waals surface area contributed by atoms with Gasteiger partial charge in [-0.1, -0.05) is 49.2 Å². The van der Waals surface area contributed by atoms with E-state index in [1.54, 1.807) is 24.3 Å². The number of hydrogen-bond acceptors (Lipinski definition) is 8. The van der Waals surface area contributed by atoms with E-state index >= 15 is 0 Å². The maximum Gasteiger partial charge on any atom is 0.264 e. The summed E-state index contributed by atoms with van der Waals surface area (Å²) in [6, 6.07) is 11.1. The molecule has 274 valence electrons. The Bertz CT molecular complexity index is 1580. The average Bonchev–Trinajstić information content (AvgIpc) is 3.12. The largest absolute Gasteiger partial charge is 0.487 e. The van der Waals surface area contributed by atoms with Crippen LogP contribution < -0.4 is 14.4 Å². The number of fused-ring (bicyclic) bond motifs is 2. The van der Waals surface area contributed by atoms with Crippen molar-refractivity contribution in [1.82, 2.24) is 9.62 Å². The first-order chi connectivity index (χ1) is 24.2. The molecule has 0 spiro atoms. The number of carbonyl (C=O) groups is 1. The SMILES string of the molecule is C=CCC[C@@H](CN1CCOCC1)S(=O)(=O)NC(=O)c1ccc2c(c1)N(C[C@@H]1CC[C@H]1[C@@H](O)/C=C/CCC)CCCCc1cc(Cl)ccc1CO2. The van der Waals surface area contributed by atoms with Crippen molar-refractivity contribution in [2.45, 2.75) is 82.7 Å². The van der Waals surface area contributed by atoms with E-state index < -0.39 is 27.3 Å². The summed E-state index contributed by atoms with van der Waals surface area (Å²) in [5.74, 6) is 0.398. The number of rotatable bonds is 14. The molecule has 50 heavy (non-hydrogen) atoms. The molecule has 2 aliphatic heterocycles.